The molecule has 0 saturated heterocycles. The van der Waals surface area contributed by atoms with E-state index in [9.17, 15) is 4.79 Å². The Kier molecular flexibility index (Phi) is 6.17. The van der Waals surface area contributed by atoms with E-state index in [1.54, 1.807) is 19.2 Å². The fraction of sp³-hybridized carbons (Fsp3) is 0.222. The topological polar surface area (TPSA) is 79.5 Å². The predicted molar refractivity (Wildman–Crippen MR) is 93.3 cm³/mol. The lowest BCUT2D eigenvalue weighted by Crippen LogP contribution is -2.37. The van der Waals surface area contributed by atoms with Crippen LogP contribution in [-0.2, 0) is 13.0 Å². The summed E-state index contributed by atoms with van der Waals surface area (Å²) in [4.78, 5) is 15.2. The van der Waals surface area contributed by atoms with Crippen LogP contribution in [0.2, 0.25) is 0 Å². The molecule has 0 radical (unpaired) electrons. The third-order valence-electron chi connectivity index (χ3n) is 3.47. The van der Waals surface area contributed by atoms with Crippen molar-refractivity contribution in [3.05, 3.63) is 71.3 Å². The monoisotopic (exact) mass is 310 g/mol. The van der Waals surface area contributed by atoms with E-state index in [0.29, 0.717) is 12.1 Å². The maximum Gasteiger partial charge on any atom is 0.248 e. The minimum atomic E-state index is -0.414. The van der Waals surface area contributed by atoms with Gasteiger partial charge in [-0.1, -0.05) is 42.5 Å². The van der Waals surface area contributed by atoms with E-state index in [4.69, 9.17) is 5.73 Å². The lowest BCUT2D eigenvalue weighted by atomic mass is 10.1. The number of primary amides is 1. The number of carbonyl (C=O) groups is 1. The van der Waals surface area contributed by atoms with Crippen molar-refractivity contribution in [3.63, 3.8) is 0 Å². The molecule has 5 heteroatoms. The zero-order valence-corrected chi connectivity index (χ0v) is 13.3. The second-order valence-corrected chi connectivity index (χ2v) is 5.15. The van der Waals surface area contributed by atoms with Gasteiger partial charge in [-0.25, -0.2) is 0 Å². The van der Waals surface area contributed by atoms with E-state index in [1.165, 1.54) is 5.56 Å². The predicted octanol–water partition coefficient (Wildman–Crippen LogP) is 1.69. The van der Waals surface area contributed by atoms with Gasteiger partial charge < -0.3 is 16.4 Å². The average molecular weight is 310 g/mol. The molecule has 0 aromatic heterocycles. The van der Waals surface area contributed by atoms with Gasteiger partial charge in [0.25, 0.3) is 0 Å². The number of nitrogens with zero attached hydrogens (tertiary/aromatic N) is 1. The van der Waals surface area contributed by atoms with Crippen LogP contribution < -0.4 is 16.4 Å². The standard InChI is InChI=1S/C18H22N4O/c1-20-18(21-12-11-14-5-3-2-4-6-14)22-13-15-7-9-16(10-8-15)17(19)23/h2-10H,11-13H2,1H3,(H2,19,23)(H2,20,21,22). The van der Waals surface area contributed by atoms with Gasteiger partial charge in [-0.3, -0.25) is 9.79 Å². The van der Waals surface area contributed by atoms with Crippen molar-refractivity contribution < 1.29 is 4.79 Å². The van der Waals surface area contributed by atoms with Gasteiger partial charge in [-0.15, -0.1) is 0 Å². The van der Waals surface area contributed by atoms with Crippen LogP contribution in [0.3, 0.4) is 0 Å². The van der Waals surface area contributed by atoms with Gasteiger partial charge in [0.05, 0.1) is 0 Å². The molecule has 0 unspecified atom stereocenters. The molecule has 2 aromatic rings. The van der Waals surface area contributed by atoms with Crippen molar-refractivity contribution >= 4 is 11.9 Å². The molecule has 0 spiro atoms. The minimum absolute atomic E-state index is 0.414. The Morgan fingerprint density at radius 1 is 1.00 bits per heavy atom. The molecular formula is C18H22N4O. The SMILES string of the molecule is CN=C(NCCc1ccccc1)NCc1ccc(C(N)=O)cc1. The first kappa shape index (κ1) is 16.5. The van der Waals surface area contributed by atoms with Crippen LogP contribution in [0.15, 0.2) is 59.6 Å². The van der Waals surface area contributed by atoms with E-state index in [-0.39, 0.29) is 0 Å². The molecule has 0 aliphatic carbocycles. The largest absolute Gasteiger partial charge is 0.366 e. The number of hydrogen-bond acceptors (Lipinski definition) is 2. The van der Waals surface area contributed by atoms with Crippen LogP contribution in [0.4, 0.5) is 0 Å². The van der Waals surface area contributed by atoms with Crippen molar-refractivity contribution in [3.8, 4) is 0 Å². The molecular weight excluding hydrogens is 288 g/mol. The Bertz CT molecular complexity index is 650. The first-order valence-corrected chi connectivity index (χ1v) is 7.56. The molecule has 0 heterocycles. The van der Waals surface area contributed by atoms with Gasteiger partial charge in [0, 0.05) is 25.7 Å². The molecule has 0 aliphatic rings. The summed E-state index contributed by atoms with van der Waals surface area (Å²) in [6.07, 6.45) is 0.939. The number of hydrogen-bond donors (Lipinski definition) is 3. The number of benzene rings is 2. The van der Waals surface area contributed by atoms with Crippen molar-refractivity contribution in [2.24, 2.45) is 10.7 Å². The quantitative estimate of drug-likeness (QED) is 0.561. The second kappa shape index (κ2) is 8.58. The smallest absolute Gasteiger partial charge is 0.248 e. The maximum atomic E-state index is 11.0. The highest BCUT2D eigenvalue weighted by molar-refractivity contribution is 5.92. The molecule has 5 nitrogen and oxygen atoms in total. The highest BCUT2D eigenvalue weighted by Crippen LogP contribution is 2.03. The van der Waals surface area contributed by atoms with E-state index in [2.05, 4.69) is 27.8 Å². The van der Waals surface area contributed by atoms with Crippen LogP contribution in [0.25, 0.3) is 0 Å². The van der Waals surface area contributed by atoms with Crippen LogP contribution in [0.1, 0.15) is 21.5 Å². The van der Waals surface area contributed by atoms with E-state index in [0.717, 1.165) is 24.5 Å². The molecule has 2 rings (SSSR count). The summed E-state index contributed by atoms with van der Waals surface area (Å²) in [7, 11) is 1.74. The molecule has 0 bridgehead atoms. The maximum absolute atomic E-state index is 11.0. The Morgan fingerprint density at radius 2 is 1.70 bits per heavy atom. The lowest BCUT2D eigenvalue weighted by molar-refractivity contribution is 0.100. The van der Waals surface area contributed by atoms with Crippen LogP contribution in [-0.4, -0.2) is 25.5 Å². The van der Waals surface area contributed by atoms with Crippen molar-refractivity contribution in [2.75, 3.05) is 13.6 Å². The molecule has 0 fully saturated rings. The molecule has 0 saturated carbocycles. The summed E-state index contributed by atoms with van der Waals surface area (Å²) in [5.41, 5.74) is 8.09. The third-order valence-corrected chi connectivity index (χ3v) is 3.47. The summed E-state index contributed by atoms with van der Waals surface area (Å²) in [5, 5.41) is 6.53. The summed E-state index contributed by atoms with van der Waals surface area (Å²) >= 11 is 0. The first-order valence-electron chi connectivity index (χ1n) is 7.56. The highest BCUT2D eigenvalue weighted by atomic mass is 16.1. The number of nitrogens with one attached hydrogen (secondary N) is 2. The van der Waals surface area contributed by atoms with Crippen molar-refractivity contribution in [1.29, 1.82) is 0 Å². The molecule has 1 amide bonds. The van der Waals surface area contributed by atoms with Gasteiger partial charge in [0.15, 0.2) is 5.96 Å². The minimum Gasteiger partial charge on any atom is -0.366 e. The Hall–Kier alpha value is -2.82. The van der Waals surface area contributed by atoms with E-state index in [1.807, 2.05) is 30.3 Å². The van der Waals surface area contributed by atoms with Crippen LogP contribution in [0, 0.1) is 0 Å². The number of nitrogens with two attached hydrogens (primary N) is 1. The summed E-state index contributed by atoms with van der Waals surface area (Å²) in [5.74, 6) is 0.336. The number of carbonyl (C=O) groups excluding carboxylic acids is 1. The lowest BCUT2D eigenvalue weighted by Gasteiger charge is -2.12. The number of aliphatic imine (C=N–C) groups is 1. The van der Waals surface area contributed by atoms with Gasteiger partial charge in [-0.05, 0) is 29.7 Å². The van der Waals surface area contributed by atoms with Gasteiger partial charge in [-0.2, -0.15) is 0 Å². The summed E-state index contributed by atoms with van der Waals surface area (Å²) in [6.45, 7) is 1.44. The number of amides is 1. The molecule has 120 valence electrons. The number of rotatable bonds is 6. The summed E-state index contributed by atoms with van der Waals surface area (Å²) in [6, 6.07) is 17.5. The van der Waals surface area contributed by atoms with Gasteiger partial charge in [0.2, 0.25) is 5.91 Å². The highest BCUT2D eigenvalue weighted by Gasteiger charge is 2.01. The third kappa shape index (κ3) is 5.47. The van der Waals surface area contributed by atoms with Crippen LogP contribution >= 0.6 is 0 Å². The Labute approximate surface area is 136 Å². The zero-order chi connectivity index (χ0) is 16.5. The average Bonchev–Trinajstić information content (AvgIpc) is 2.59. The van der Waals surface area contributed by atoms with Crippen molar-refractivity contribution in [1.82, 2.24) is 10.6 Å². The Balaban J connectivity index is 1.77. The molecule has 2 aromatic carbocycles. The van der Waals surface area contributed by atoms with Gasteiger partial charge >= 0.3 is 0 Å². The fourth-order valence-corrected chi connectivity index (χ4v) is 2.16. The molecule has 4 N–H and O–H groups in total. The summed E-state index contributed by atoms with van der Waals surface area (Å²) < 4.78 is 0. The van der Waals surface area contributed by atoms with E-state index >= 15 is 0 Å². The first-order chi connectivity index (χ1) is 11.2. The normalized spacial score (nSPS) is 11.1. The van der Waals surface area contributed by atoms with Gasteiger partial charge in [0.1, 0.15) is 0 Å². The second-order valence-electron chi connectivity index (χ2n) is 5.15. The molecule has 0 atom stereocenters. The molecule has 23 heavy (non-hydrogen) atoms. The molecule has 0 aliphatic heterocycles. The zero-order valence-electron chi connectivity index (χ0n) is 13.3. The fourth-order valence-electron chi connectivity index (χ4n) is 2.16. The Morgan fingerprint density at radius 3 is 2.30 bits per heavy atom. The van der Waals surface area contributed by atoms with Crippen molar-refractivity contribution in [2.45, 2.75) is 13.0 Å². The van der Waals surface area contributed by atoms with Crippen LogP contribution in [0.5, 0.6) is 0 Å². The number of guanidine groups is 1. The van der Waals surface area contributed by atoms with E-state index < -0.39 is 5.91 Å².